The van der Waals surface area contributed by atoms with E-state index in [1.54, 1.807) is 48.5 Å². The quantitative estimate of drug-likeness (QED) is 0.0526. The lowest BCUT2D eigenvalue weighted by Crippen LogP contribution is -2.30. The predicted molar refractivity (Wildman–Crippen MR) is 194 cm³/mol. The number of carbonyl (C=O) groups excluding carboxylic acids is 6. The molecule has 0 radical (unpaired) electrons. The third kappa shape index (κ3) is 7.56. The number of imide groups is 2. The van der Waals surface area contributed by atoms with Gasteiger partial charge >= 0.3 is 11.9 Å². The normalized spacial score (nSPS) is 13.4. The number of carbonyl (C=O) groups is 6. The van der Waals surface area contributed by atoms with Gasteiger partial charge in [0.25, 0.3) is 23.6 Å². The van der Waals surface area contributed by atoms with Gasteiger partial charge in [0.1, 0.15) is 11.5 Å². The van der Waals surface area contributed by atoms with E-state index in [4.69, 9.17) is 9.47 Å². The van der Waals surface area contributed by atoms with E-state index >= 15 is 0 Å². The fourth-order valence-electron chi connectivity index (χ4n) is 6.40. The summed E-state index contributed by atoms with van der Waals surface area (Å²) in [5.74, 6) is -2.17. The molecule has 266 valence electrons. The van der Waals surface area contributed by atoms with Gasteiger partial charge in [-0.3, -0.25) is 29.0 Å². The van der Waals surface area contributed by atoms with Crippen LogP contribution in [0.4, 0.5) is 0 Å². The van der Waals surface area contributed by atoms with Crippen LogP contribution in [0.15, 0.2) is 84.9 Å². The molecule has 4 amide bonds. The lowest BCUT2D eigenvalue weighted by Gasteiger charge is -2.13. The third-order valence-electron chi connectivity index (χ3n) is 9.35. The molecule has 0 N–H and O–H groups in total. The number of rotatable bonds is 15. The van der Waals surface area contributed by atoms with E-state index in [1.165, 1.54) is 46.2 Å². The van der Waals surface area contributed by atoms with Crippen LogP contribution in [0.3, 0.4) is 0 Å². The van der Waals surface area contributed by atoms with Crippen molar-refractivity contribution in [2.45, 2.75) is 65.2 Å². The van der Waals surface area contributed by atoms with Crippen molar-refractivity contribution in [3.63, 3.8) is 0 Å². The predicted octanol–water partition coefficient (Wildman–Crippen LogP) is 8.14. The molecule has 52 heavy (non-hydrogen) atoms. The van der Waals surface area contributed by atoms with E-state index in [1.807, 2.05) is 0 Å². The fourth-order valence-corrected chi connectivity index (χ4v) is 6.40. The average Bonchev–Trinajstić information content (AvgIpc) is 3.54. The van der Waals surface area contributed by atoms with Gasteiger partial charge in [0.2, 0.25) is 0 Å². The Balaban J connectivity index is 1.04. The first-order valence-corrected chi connectivity index (χ1v) is 17.9. The minimum absolute atomic E-state index is 0.168. The Morgan fingerprint density at radius 2 is 0.827 bits per heavy atom. The van der Waals surface area contributed by atoms with Crippen LogP contribution in [-0.4, -0.2) is 58.5 Å². The first-order chi connectivity index (χ1) is 25.2. The Morgan fingerprint density at radius 3 is 1.19 bits per heavy atom. The molecule has 10 heteroatoms. The van der Waals surface area contributed by atoms with Gasteiger partial charge in [-0.1, -0.05) is 76.6 Å². The largest absolute Gasteiger partial charge is 0.423 e. The Labute approximate surface area is 302 Å². The Morgan fingerprint density at radius 1 is 0.462 bits per heavy atom. The third-order valence-corrected chi connectivity index (χ3v) is 9.35. The topological polar surface area (TPSA) is 127 Å². The zero-order valence-corrected chi connectivity index (χ0v) is 29.3. The molecule has 2 aliphatic rings. The van der Waals surface area contributed by atoms with Crippen molar-refractivity contribution in [3.05, 3.63) is 118 Å². The summed E-state index contributed by atoms with van der Waals surface area (Å²) in [6.45, 7) is 4.90. The number of nitrogens with zero attached hydrogens (tertiary/aromatic N) is 2. The highest BCUT2D eigenvalue weighted by Gasteiger charge is 2.37. The molecule has 2 heterocycles. The van der Waals surface area contributed by atoms with Crippen LogP contribution < -0.4 is 9.47 Å². The van der Waals surface area contributed by atoms with E-state index in [0.29, 0.717) is 35.7 Å². The van der Waals surface area contributed by atoms with Crippen molar-refractivity contribution in [1.82, 2.24) is 9.80 Å². The van der Waals surface area contributed by atoms with Crippen LogP contribution >= 0.6 is 0 Å². The van der Waals surface area contributed by atoms with Crippen molar-refractivity contribution in [2.75, 3.05) is 13.1 Å². The number of esters is 2. The van der Waals surface area contributed by atoms with Crippen LogP contribution in [0.2, 0.25) is 0 Å². The van der Waals surface area contributed by atoms with Crippen LogP contribution in [0, 0.1) is 0 Å². The van der Waals surface area contributed by atoms with Crippen LogP contribution in [-0.2, 0) is 0 Å². The molecular weight excluding hydrogens is 660 g/mol. The van der Waals surface area contributed by atoms with Crippen molar-refractivity contribution in [2.24, 2.45) is 0 Å². The van der Waals surface area contributed by atoms with Crippen LogP contribution in [0.1, 0.15) is 127 Å². The summed E-state index contributed by atoms with van der Waals surface area (Å²) in [6.07, 6.45) is 7.53. The highest BCUT2D eigenvalue weighted by Crippen LogP contribution is 2.29. The SMILES string of the molecule is CCCCCCN1C(=O)c2ccc(C(=O)Oc3ccc(-c4ccc(OC(=O)c5ccc6c(c5)C(=O)N(CCCCCC)C6=O)cc4)cc3)cc2C1=O. The maximum Gasteiger partial charge on any atom is 0.343 e. The van der Waals surface area contributed by atoms with Crippen molar-refractivity contribution in [1.29, 1.82) is 0 Å². The van der Waals surface area contributed by atoms with E-state index in [0.717, 1.165) is 62.5 Å². The summed E-state index contributed by atoms with van der Waals surface area (Å²) in [7, 11) is 0. The van der Waals surface area contributed by atoms with Crippen LogP contribution in [0.5, 0.6) is 11.5 Å². The second-order valence-corrected chi connectivity index (χ2v) is 13.0. The Hall–Kier alpha value is -5.90. The second kappa shape index (κ2) is 16.0. The summed E-state index contributed by atoms with van der Waals surface area (Å²) >= 11 is 0. The van der Waals surface area contributed by atoms with E-state index in [2.05, 4.69) is 13.8 Å². The zero-order chi connectivity index (χ0) is 36.8. The van der Waals surface area contributed by atoms with Gasteiger partial charge in [0.15, 0.2) is 0 Å². The van der Waals surface area contributed by atoms with Crippen molar-refractivity contribution >= 4 is 35.6 Å². The van der Waals surface area contributed by atoms with Gasteiger partial charge in [-0.15, -0.1) is 0 Å². The number of unbranched alkanes of at least 4 members (excludes halogenated alkanes) is 6. The summed E-state index contributed by atoms with van der Waals surface area (Å²) in [5, 5.41) is 0. The van der Waals surface area contributed by atoms with Crippen LogP contribution in [0.25, 0.3) is 11.1 Å². The van der Waals surface area contributed by atoms with Crippen molar-refractivity contribution < 1.29 is 38.2 Å². The summed E-state index contributed by atoms with van der Waals surface area (Å²) < 4.78 is 11.1. The zero-order valence-electron chi connectivity index (χ0n) is 29.3. The monoisotopic (exact) mass is 700 g/mol. The minimum atomic E-state index is -0.651. The first-order valence-electron chi connectivity index (χ1n) is 17.9. The van der Waals surface area contributed by atoms with E-state index in [-0.39, 0.29) is 34.1 Å². The molecule has 6 rings (SSSR count). The number of fused-ring (bicyclic) bond motifs is 2. The smallest absolute Gasteiger partial charge is 0.343 e. The number of benzene rings is 4. The van der Waals surface area contributed by atoms with Gasteiger partial charge in [0, 0.05) is 13.1 Å². The van der Waals surface area contributed by atoms with E-state index in [9.17, 15) is 28.8 Å². The van der Waals surface area contributed by atoms with Gasteiger partial charge in [-0.05, 0) is 84.6 Å². The molecule has 0 atom stereocenters. The van der Waals surface area contributed by atoms with Gasteiger partial charge in [-0.25, -0.2) is 9.59 Å². The number of hydrogen-bond donors (Lipinski definition) is 0. The van der Waals surface area contributed by atoms with Gasteiger partial charge in [-0.2, -0.15) is 0 Å². The standard InChI is InChI=1S/C42H40N2O8/c1-3-5-7-9-23-43-37(45)33-21-15-29(25-35(33)39(43)47)41(49)51-31-17-11-27(12-18-31)28-13-19-32(20-14-28)52-42(50)30-16-22-34-36(26-30)40(48)44(38(34)46)24-10-8-6-4-2/h11-22,25-26H,3-10,23-24H2,1-2H3. The highest BCUT2D eigenvalue weighted by molar-refractivity contribution is 6.22. The summed E-state index contributed by atoms with van der Waals surface area (Å²) in [4.78, 5) is 79.8. The fraction of sp³-hybridized carbons (Fsp3) is 0.286. The molecule has 0 aromatic heterocycles. The molecule has 0 fully saturated rings. The molecule has 0 bridgehead atoms. The maximum absolute atomic E-state index is 13.0. The lowest BCUT2D eigenvalue weighted by molar-refractivity contribution is 0.0636. The number of hydrogen-bond acceptors (Lipinski definition) is 8. The van der Waals surface area contributed by atoms with Gasteiger partial charge in [0.05, 0.1) is 33.4 Å². The lowest BCUT2D eigenvalue weighted by atomic mass is 10.0. The molecule has 10 nitrogen and oxygen atoms in total. The van der Waals surface area contributed by atoms with Gasteiger partial charge < -0.3 is 9.47 Å². The highest BCUT2D eigenvalue weighted by atomic mass is 16.5. The first kappa shape index (κ1) is 35.9. The molecule has 0 aliphatic carbocycles. The Bertz CT molecular complexity index is 1890. The molecule has 0 unspecified atom stereocenters. The summed E-state index contributed by atoms with van der Waals surface area (Å²) in [6, 6.07) is 22.5. The molecular formula is C42H40N2O8. The average molecular weight is 701 g/mol. The second-order valence-electron chi connectivity index (χ2n) is 13.0. The molecule has 4 aromatic rings. The molecule has 0 saturated heterocycles. The molecule has 2 aliphatic heterocycles. The molecule has 0 saturated carbocycles. The number of ether oxygens (including phenoxy) is 2. The molecule has 4 aromatic carbocycles. The minimum Gasteiger partial charge on any atom is -0.423 e. The van der Waals surface area contributed by atoms with E-state index < -0.39 is 23.8 Å². The Kier molecular flexibility index (Phi) is 11.0. The number of amides is 4. The summed E-state index contributed by atoms with van der Waals surface area (Å²) in [5.41, 5.74) is 2.97. The maximum atomic E-state index is 13.0. The molecule has 0 spiro atoms. The van der Waals surface area contributed by atoms with Crippen molar-refractivity contribution in [3.8, 4) is 22.6 Å².